The van der Waals surface area contributed by atoms with E-state index in [0.717, 1.165) is 23.8 Å². The number of ether oxygens (including phenoxy) is 1. The largest absolute Gasteiger partial charge is 0.429 e. The minimum Gasteiger partial charge on any atom is -0.429 e. The molecule has 190 valence electrons. The molecule has 0 unspecified atom stereocenters. The normalized spacial score (nSPS) is 33.2. The summed E-state index contributed by atoms with van der Waals surface area (Å²) in [5, 5.41) is 0. The van der Waals surface area contributed by atoms with Gasteiger partial charge in [-0.25, -0.2) is 4.39 Å². The van der Waals surface area contributed by atoms with Crippen LogP contribution >= 0.6 is 0 Å². The van der Waals surface area contributed by atoms with Crippen LogP contribution in [0, 0.1) is 54.1 Å². The molecule has 0 bridgehead atoms. The number of rotatable bonds is 6. The number of hydrogen-bond donors (Lipinski definition) is 0. The summed E-state index contributed by atoms with van der Waals surface area (Å²) in [6.45, 7) is 3.77. The fourth-order valence-corrected chi connectivity index (χ4v) is 6.47. The average Bonchev–Trinajstić information content (AvgIpc) is 2.84. The van der Waals surface area contributed by atoms with Crippen LogP contribution in [0.5, 0.6) is 5.75 Å². The molecule has 3 aliphatic carbocycles. The molecule has 0 saturated heterocycles. The van der Waals surface area contributed by atoms with E-state index >= 15 is 0 Å². The lowest BCUT2D eigenvalue weighted by Crippen LogP contribution is -2.37. The summed E-state index contributed by atoms with van der Waals surface area (Å²) in [6, 6.07) is 2.34. The molecule has 1 aromatic carbocycles. The summed E-state index contributed by atoms with van der Waals surface area (Å²) in [6.07, 6.45) is 13.9. The quantitative estimate of drug-likeness (QED) is 0.291. The Morgan fingerprint density at radius 2 is 1.24 bits per heavy atom. The third kappa shape index (κ3) is 6.18. The van der Waals surface area contributed by atoms with Crippen LogP contribution in [-0.4, -0.2) is 6.11 Å². The third-order valence-corrected chi connectivity index (χ3v) is 8.93. The molecule has 1 nitrogen and oxygen atoms in total. The van der Waals surface area contributed by atoms with Gasteiger partial charge in [-0.1, -0.05) is 38.0 Å². The SMILES string of the molecule is Cc1ccc(OC(F)(F)C2CCC(/C=C/C3CCC(C4CCC(C)CC4)CC3)CC2)c(F)c1F. The first-order chi connectivity index (χ1) is 16.2. The molecule has 3 fully saturated rings. The van der Waals surface area contributed by atoms with Gasteiger partial charge in [0.05, 0.1) is 5.92 Å². The van der Waals surface area contributed by atoms with E-state index in [1.807, 2.05) is 0 Å². The number of aryl methyl sites for hydroxylation is 1. The van der Waals surface area contributed by atoms with Gasteiger partial charge in [-0.3, -0.25) is 0 Å². The highest BCUT2D eigenvalue weighted by atomic mass is 19.3. The van der Waals surface area contributed by atoms with Gasteiger partial charge in [-0.15, -0.1) is 0 Å². The summed E-state index contributed by atoms with van der Waals surface area (Å²) in [5.41, 5.74) is 0.0672. The lowest BCUT2D eigenvalue weighted by atomic mass is 9.69. The Labute approximate surface area is 202 Å². The molecule has 0 atom stereocenters. The van der Waals surface area contributed by atoms with Crippen molar-refractivity contribution in [3.63, 3.8) is 0 Å². The smallest absolute Gasteiger partial charge is 0.400 e. The highest BCUT2D eigenvalue weighted by molar-refractivity contribution is 5.30. The van der Waals surface area contributed by atoms with Crippen molar-refractivity contribution in [1.82, 2.24) is 0 Å². The average molecular weight is 481 g/mol. The van der Waals surface area contributed by atoms with Crippen LogP contribution in [0.3, 0.4) is 0 Å². The van der Waals surface area contributed by atoms with Crippen LogP contribution in [0.1, 0.15) is 89.5 Å². The van der Waals surface area contributed by atoms with E-state index in [2.05, 4.69) is 19.1 Å². The molecule has 3 aliphatic rings. The minimum absolute atomic E-state index is 0.0672. The molecule has 0 spiro atoms. The van der Waals surface area contributed by atoms with Gasteiger partial charge in [-0.05, 0) is 112 Å². The van der Waals surface area contributed by atoms with Crippen molar-refractivity contribution in [3.05, 3.63) is 41.5 Å². The van der Waals surface area contributed by atoms with Crippen molar-refractivity contribution in [2.45, 2.75) is 97.0 Å². The monoisotopic (exact) mass is 480 g/mol. The summed E-state index contributed by atoms with van der Waals surface area (Å²) in [5.74, 6) is -0.480. The van der Waals surface area contributed by atoms with Crippen molar-refractivity contribution in [1.29, 1.82) is 0 Å². The summed E-state index contributed by atoms with van der Waals surface area (Å²) < 4.78 is 61.8. The molecule has 34 heavy (non-hydrogen) atoms. The molecule has 0 heterocycles. The fourth-order valence-electron chi connectivity index (χ4n) is 6.47. The predicted octanol–water partition coefficient (Wildman–Crippen LogP) is 9.24. The van der Waals surface area contributed by atoms with E-state index in [4.69, 9.17) is 4.74 Å². The number of benzene rings is 1. The Kier molecular flexibility index (Phi) is 8.30. The highest BCUT2D eigenvalue weighted by Gasteiger charge is 2.44. The molecule has 4 rings (SSSR count). The van der Waals surface area contributed by atoms with Crippen LogP contribution in [0.4, 0.5) is 17.6 Å². The Bertz CT molecular complexity index is 827. The minimum atomic E-state index is -3.51. The van der Waals surface area contributed by atoms with Gasteiger partial charge in [0.1, 0.15) is 0 Å². The van der Waals surface area contributed by atoms with Gasteiger partial charge < -0.3 is 4.74 Å². The summed E-state index contributed by atoms with van der Waals surface area (Å²) in [4.78, 5) is 0. The van der Waals surface area contributed by atoms with Crippen molar-refractivity contribution in [2.24, 2.45) is 35.5 Å². The Balaban J connectivity index is 1.21. The zero-order valence-electron chi connectivity index (χ0n) is 20.7. The van der Waals surface area contributed by atoms with Crippen molar-refractivity contribution < 1.29 is 22.3 Å². The van der Waals surface area contributed by atoms with Crippen LogP contribution in [-0.2, 0) is 0 Å². The molecule has 0 aliphatic heterocycles. The first-order valence-electron chi connectivity index (χ1n) is 13.4. The van der Waals surface area contributed by atoms with Gasteiger partial charge >= 0.3 is 6.11 Å². The van der Waals surface area contributed by atoms with Crippen LogP contribution in [0.15, 0.2) is 24.3 Å². The maximum absolute atomic E-state index is 14.7. The van der Waals surface area contributed by atoms with Crippen molar-refractivity contribution in [3.8, 4) is 5.75 Å². The number of halogens is 4. The second-order valence-corrected chi connectivity index (χ2v) is 11.4. The van der Waals surface area contributed by atoms with E-state index in [9.17, 15) is 17.6 Å². The fraction of sp³-hybridized carbons (Fsp3) is 0.724. The molecular weight excluding hydrogens is 440 g/mol. The number of hydrogen-bond acceptors (Lipinski definition) is 1. The van der Waals surface area contributed by atoms with Gasteiger partial charge in [0.2, 0.25) is 5.82 Å². The van der Waals surface area contributed by atoms with E-state index in [-0.39, 0.29) is 5.56 Å². The summed E-state index contributed by atoms with van der Waals surface area (Å²) >= 11 is 0. The van der Waals surface area contributed by atoms with Crippen LogP contribution in [0.2, 0.25) is 0 Å². The van der Waals surface area contributed by atoms with Crippen molar-refractivity contribution in [2.75, 3.05) is 0 Å². The standard InChI is InChI=1S/C29H40F4O/c1-19-3-12-23(13-4-19)24-14-8-21(9-15-24)6-7-22-10-16-25(17-11-22)29(32,33)34-26-18-5-20(2)27(30)28(26)31/h5-7,18-19,21-25H,3-4,8-17H2,1-2H3/b7-6+. The molecule has 1 aromatic rings. The molecule has 0 radical (unpaired) electrons. The first kappa shape index (κ1) is 25.6. The van der Waals surface area contributed by atoms with E-state index in [1.54, 1.807) is 0 Å². The second-order valence-electron chi connectivity index (χ2n) is 11.4. The number of alkyl halides is 2. The molecule has 0 aromatic heterocycles. The molecule has 0 N–H and O–H groups in total. The van der Waals surface area contributed by atoms with Crippen LogP contribution < -0.4 is 4.74 Å². The summed E-state index contributed by atoms with van der Waals surface area (Å²) in [7, 11) is 0. The van der Waals surface area contributed by atoms with Crippen molar-refractivity contribution >= 4 is 0 Å². The molecule has 5 heteroatoms. The Morgan fingerprint density at radius 3 is 1.79 bits per heavy atom. The van der Waals surface area contributed by atoms with Crippen LogP contribution in [0.25, 0.3) is 0 Å². The van der Waals surface area contributed by atoms with E-state index in [0.29, 0.717) is 37.5 Å². The molecule has 0 amide bonds. The van der Waals surface area contributed by atoms with Gasteiger partial charge in [0.15, 0.2) is 11.6 Å². The first-order valence-corrected chi connectivity index (χ1v) is 13.4. The zero-order valence-corrected chi connectivity index (χ0v) is 20.7. The highest BCUT2D eigenvalue weighted by Crippen LogP contribution is 2.43. The zero-order chi connectivity index (χ0) is 24.3. The van der Waals surface area contributed by atoms with Gasteiger partial charge in [0, 0.05) is 0 Å². The Morgan fingerprint density at radius 1 is 0.735 bits per heavy atom. The predicted molar refractivity (Wildman–Crippen MR) is 128 cm³/mol. The third-order valence-electron chi connectivity index (χ3n) is 8.93. The topological polar surface area (TPSA) is 9.23 Å². The molecule has 3 saturated carbocycles. The lowest BCUT2D eigenvalue weighted by Gasteiger charge is -2.37. The maximum Gasteiger partial charge on any atom is 0.400 e. The van der Waals surface area contributed by atoms with Gasteiger partial charge in [-0.2, -0.15) is 13.2 Å². The Hall–Kier alpha value is -1.52. The van der Waals surface area contributed by atoms with E-state index < -0.39 is 29.4 Å². The van der Waals surface area contributed by atoms with Gasteiger partial charge in [0.25, 0.3) is 0 Å². The molecular formula is C29H40F4O. The second kappa shape index (κ2) is 11.0. The maximum atomic E-state index is 14.7. The lowest BCUT2D eigenvalue weighted by molar-refractivity contribution is -0.224. The van der Waals surface area contributed by atoms with E-state index in [1.165, 1.54) is 64.4 Å². The number of allylic oxidation sites excluding steroid dienone is 2.